The molecule has 0 heterocycles. The Bertz CT molecular complexity index is 450. The van der Waals surface area contributed by atoms with Crippen molar-refractivity contribution in [2.75, 3.05) is 6.61 Å². The van der Waals surface area contributed by atoms with E-state index in [1.54, 1.807) is 6.92 Å². The first-order chi connectivity index (χ1) is 7.95. The molecular formula is C10H11FN2O4. The number of hydrogen-bond donors (Lipinski definition) is 2. The van der Waals surface area contributed by atoms with Crippen LogP contribution in [0.15, 0.2) is 18.2 Å². The van der Waals surface area contributed by atoms with Gasteiger partial charge in [0.2, 0.25) is 5.82 Å². The van der Waals surface area contributed by atoms with Crippen LogP contribution in [0.3, 0.4) is 0 Å². The maximum atomic E-state index is 13.0. The molecule has 1 aromatic rings. The van der Waals surface area contributed by atoms with Gasteiger partial charge in [0.05, 0.1) is 11.5 Å². The molecule has 6 nitrogen and oxygen atoms in total. The van der Waals surface area contributed by atoms with Crippen molar-refractivity contribution in [3.63, 3.8) is 0 Å². The number of hydrogen-bond acceptors (Lipinski definition) is 4. The number of halogens is 1. The second-order valence-electron chi connectivity index (χ2n) is 3.48. The smallest absolute Gasteiger partial charge is 0.305 e. The van der Waals surface area contributed by atoms with Crippen molar-refractivity contribution in [1.29, 1.82) is 0 Å². The van der Waals surface area contributed by atoms with Gasteiger partial charge in [0.15, 0.2) is 0 Å². The number of aliphatic hydroxyl groups is 1. The Kier molecular flexibility index (Phi) is 4.11. The molecule has 92 valence electrons. The van der Waals surface area contributed by atoms with E-state index in [0.717, 1.165) is 18.2 Å². The summed E-state index contributed by atoms with van der Waals surface area (Å²) in [5, 5.41) is 21.6. The quantitative estimate of drug-likeness (QED) is 0.604. The van der Waals surface area contributed by atoms with Crippen LogP contribution in [0.5, 0.6) is 0 Å². The van der Waals surface area contributed by atoms with E-state index >= 15 is 0 Å². The summed E-state index contributed by atoms with van der Waals surface area (Å²) in [7, 11) is 0. The van der Waals surface area contributed by atoms with Gasteiger partial charge in [0.25, 0.3) is 5.91 Å². The van der Waals surface area contributed by atoms with Gasteiger partial charge in [-0.25, -0.2) is 0 Å². The molecule has 0 spiro atoms. The number of carbonyl (C=O) groups excluding carboxylic acids is 1. The Hall–Kier alpha value is -2.02. The zero-order valence-electron chi connectivity index (χ0n) is 9.01. The van der Waals surface area contributed by atoms with Crippen molar-refractivity contribution in [3.05, 3.63) is 39.7 Å². The molecule has 0 aliphatic rings. The normalized spacial score (nSPS) is 11.9. The fourth-order valence-corrected chi connectivity index (χ4v) is 1.15. The molecule has 1 amide bonds. The van der Waals surface area contributed by atoms with Crippen molar-refractivity contribution in [1.82, 2.24) is 5.32 Å². The summed E-state index contributed by atoms with van der Waals surface area (Å²) < 4.78 is 13.0. The summed E-state index contributed by atoms with van der Waals surface area (Å²) in [6, 6.07) is 2.37. The summed E-state index contributed by atoms with van der Waals surface area (Å²) in [6.45, 7) is 1.31. The molecule has 1 atom stereocenters. The van der Waals surface area contributed by atoms with Crippen LogP contribution < -0.4 is 5.32 Å². The minimum atomic E-state index is -0.998. The summed E-state index contributed by atoms with van der Waals surface area (Å²) in [4.78, 5) is 21.1. The highest BCUT2D eigenvalue weighted by atomic mass is 19.1. The molecular weight excluding hydrogens is 231 g/mol. The predicted octanol–water partition coefficient (Wildman–Crippen LogP) is 0.845. The zero-order valence-corrected chi connectivity index (χ0v) is 9.01. The minimum absolute atomic E-state index is 0.0293. The number of amides is 1. The first-order valence-corrected chi connectivity index (χ1v) is 4.81. The van der Waals surface area contributed by atoms with Crippen molar-refractivity contribution >= 4 is 11.6 Å². The highest BCUT2D eigenvalue weighted by molar-refractivity contribution is 5.95. The molecule has 1 aromatic carbocycles. The van der Waals surface area contributed by atoms with E-state index < -0.39 is 28.4 Å². The van der Waals surface area contributed by atoms with E-state index in [2.05, 4.69) is 5.32 Å². The molecule has 17 heavy (non-hydrogen) atoms. The van der Waals surface area contributed by atoms with Gasteiger partial charge in [-0.1, -0.05) is 0 Å². The molecule has 0 unspecified atom stereocenters. The number of nitrogens with zero attached hydrogens (tertiary/aromatic N) is 1. The van der Waals surface area contributed by atoms with E-state index in [9.17, 15) is 19.3 Å². The number of nitro benzene ring substituents is 1. The van der Waals surface area contributed by atoms with Crippen LogP contribution in [0.25, 0.3) is 0 Å². The van der Waals surface area contributed by atoms with E-state index in [1.165, 1.54) is 0 Å². The number of benzene rings is 1. The third kappa shape index (κ3) is 3.22. The number of carbonyl (C=O) groups is 1. The second kappa shape index (κ2) is 5.35. The maximum Gasteiger partial charge on any atom is 0.305 e. The standard InChI is InChI=1S/C10H11FN2O4/c1-6(5-14)12-10(15)7-2-3-8(11)9(4-7)13(16)17/h2-4,6,14H,5H2,1H3,(H,12,15)/t6-/m1/s1. The van der Waals surface area contributed by atoms with Crippen LogP contribution in [0.1, 0.15) is 17.3 Å². The SMILES string of the molecule is C[C@H](CO)NC(=O)c1ccc(F)c([N+](=O)[O-])c1. The van der Waals surface area contributed by atoms with Gasteiger partial charge in [-0.2, -0.15) is 4.39 Å². The fraction of sp³-hybridized carbons (Fsp3) is 0.300. The molecule has 7 heteroatoms. The van der Waals surface area contributed by atoms with Crippen LogP contribution in [-0.2, 0) is 0 Å². The molecule has 0 aliphatic heterocycles. The summed E-state index contributed by atoms with van der Waals surface area (Å²) in [5.41, 5.74) is -0.785. The maximum absolute atomic E-state index is 13.0. The Labute approximate surface area is 96.2 Å². The number of aliphatic hydroxyl groups excluding tert-OH is 1. The fourth-order valence-electron chi connectivity index (χ4n) is 1.15. The molecule has 0 saturated heterocycles. The molecule has 0 bridgehead atoms. The highest BCUT2D eigenvalue weighted by Gasteiger charge is 2.18. The van der Waals surface area contributed by atoms with E-state index in [4.69, 9.17) is 5.11 Å². The molecule has 0 aromatic heterocycles. The lowest BCUT2D eigenvalue weighted by Crippen LogP contribution is -2.35. The molecule has 0 saturated carbocycles. The average molecular weight is 242 g/mol. The molecule has 0 radical (unpaired) electrons. The van der Waals surface area contributed by atoms with Gasteiger partial charge in [-0.15, -0.1) is 0 Å². The zero-order chi connectivity index (χ0) is 13.0. The summed E-state index contributed by atoms with van der Waals surface area (Å²) in [5.74, 6) is -1.60. The Morgan fingerprint density at radius 3 is 2.82 bits per heavy atom. The minimum Gasteiger partial charge on any atom is -0.394 e. The Balaban J connectivity index is 2.96. The molecule has 1 rings (SSSR count). The predicted molar refractivity (Wildman–Crippen MR) is 57.1 cm³/mol. The van der Waals surface area contributed by atoms with Crippen LogP contribution in [0, 0.1) is 15.9 Å². The monoisotopic (exact) mass is 242 g/mol. The van der Waals surface area contributed by atoms with Gasteiger partial charge in [0.1, 0.15) is 0 Å². The van der Waals surface area contributed by atoms with Crippen molar-refractivity contribution in [2.45, 2.75) is 13.0 Å². The highest BCUT2D eigenvalue weighted by Crippen LogP contribution is 2.18. The first-order valence-electron chi connectivity index (χ1n) is 4.81. The van der Waals surface area contributed by atoms with Gasteiger partial charge < -0.3 is 10.4 Å². The average Bonchev–Trinajstić information content (AvgIpc) is 2.28. The summed E-state index contributed by atoms with van der Waals surface area (Å²) >= 11 is 0. The van der Waals surface area contributed by atoms with E-state index in [-0.39, 0.29) is 12.2 Å². The van der Waals surface area contributed by atoms with E-state index in [0.29, 0.717) is 0 Å². The number of rotatable bonds is 4. The topological polar surface area (TPSA) is 92.5 Å². The van der Waals surface area contributed by atoms with Gasteiger partial charge in [-0.3, -0.25) is 14.9 Å². The summed E-state index contributed by atoms with van der Waals surface area (Å²) in [6.07, 6.45) is 0. The lowest BCUT2D eigenvalue weighted by Gasteiger charge is -2.10. The van der Waals surface area contributed by atoms with Gasteiger partial charge in [0, 0.05) is 17.7 Å². The largest absolute Gasteiger partial charge is 0.394 e. The van der Waals surface area contributed by atoms with E-state index in [1.807, 2.05) is 0 Å². The number of nitro groups is 1. The van der Waals surface area contributed by atoms with Crippen molar-refractivity contribution in [2.24, 2.45) is 0 Å². The van der Waals surface area contributed by atoms with Crippen LogP contribution >= 0.6 is 0 Å². The molecule has 0 aliphatic carbocycles. The molecule has 0 fully saturated rings. The lowest BCUT2D eigenvalue weighted by atomic mass is 10.1. The second-order valence-corrected chi connectivity index (χ2v) is 3.48. The molecule has 2 N–H and O–H groups in total. The Morgan fingerprint density at radius 1 is 1.65 bits per heavy atom. The van der Waals surface area contributed by atoms with Crippen LogP contribution in [0.2, 0.25) is 0 Å². The van der Waals surface area contributed by atoms with Crippen LogP contribution in [-0.4, -0.2) is 28.6 Å². The third-order valence-electron chi connectivity index (χ3n) is 2.06. The van der Waals surface area contributed by atoms with Crippen molar-refractivity contribution < 1.29 is 19.2 Å². The van der Waals surface area contributed by atoms with Crippen molar-refractivity contribution in [3.8, 4) is 0 Å². The third-order valence-corrected chi connectivity index (χ3v) is 2.06. The van der Waals surface area contributed by atoms with Gasteiger partial charge in [-0.05, 0) is 19.1 Å². The van der Waals surface area contributed by atoms with Crippen LogP contribution in [0.4, 0.5) is 10.1 Å². The lowest BCUT2D eigenvalue weighted by molar-refractivity contribution is -0.387. The van der Waals surface area contributed by atoms with Gasteiger partial charge >= 0.3 is 5.69 Å². The Morgan fingerprint density at radius 2 is 2.29 bits per heavy atom. The first kappa shape index (κ1) is 13.0. The number of nitrogens with one attached hydrogen (secondary N) is 1.